The first kappa shape index (κ1) is 31.2. The van der Waals surface area contributed by atoms with E-state index in [1.165, 1.54) is 77.0 Å². The average Bonchev–Trinajstić information content (AvgIpc) is 2.83. The Hall–Kier alpha value is -1.84. The van der Waals surface area contributed by atoms with Gasteiger partial charge >= 0.3 is 0 Å². The minimum atomic E-state index is 0.0874. The maximum Gasteiger partial charge on any atom is 0.224 e. The summed E-state index contributed by atoms with van der Waals surface area (Å²) in [6.07, 6.45) is 20.9. The van der Waals surface area contributed by atoms with Crippen LogP contribution in [0.1, 0.15) is 146 Å². The fourth-order valence-corrected chi connectivity index (χ4v) is 4.66. The molecule has 0 aliphatic rings. The molecule has 4 heteroatoms. The fraction of sp³-hybridized carbons (Fsp3) is 0.742. The van der Waals surface area contributed by atoms with Crippen LogP contribution in [0, 0.1) is 20.8 Å². The quantitative estimate of drug-likeness (QED) is 0.180. The van der Waals surface area contributed by atoms with Crippen molar-refractivity contribution in [3.63, 3.8) is 0 Å². The van der Waals surface area contributed by atoms with Crippen molar-refractivity contribution in [2.24, 2.45) is 0 Å². The van der Waals surface area contributed by atoms with E-state index >= 15 is 0 Å². The highest BCUT2D eigenvalue weighted by Gasteiger charge is 2.14. The van der Waals surface area contributed by atoms with Gasteiger partial charge in [0.05, 0.1) is 0 Å². The van der Waals surface area contributed by atoms with E-state index in [1.807, 2.05) is 26.8 Å². The fourth-order valence-electron chi connectivity index (χ4n) is 4.66. The van der Waals surface area contributed by atoms with E-state index in [2.05, 4.69) is 24.5 Å². The van der Waals surface area contributed by atoms with E-state index < -0.39 is 0 Å². The highest BCUT2D eigenvalue weighted by atomic mass is 16.2. The summed E-state index contributed by atoms with van der Waals surface area (Å²) >= 11 is 0. The summed E-state index contributed by atoms with van der Waals surface area (Å²) in [5, 5.41) is 6.24. The molecule has 0 spiro atoms. The molecule has 1 aromatic carbocycles. The first-order valence-electron chi connectivity index (χ1n) is 14.6. The largest absolute Gasteiger partial charge is 0.326 e. The van der Waals surface area contributed by atoms with Crippen LogP contribution in [0.5, 0.6) is 0 Å². The van der Waals surface area contributed by atoms with Crippen LogP contribution in [0.15, 0.2) is 6.07 Å². The summed E-state index contributed by atoms with van der Waals surface area (Å²) < 4.78 is 0. The molecule has 1 aromatic rings. The summed E-state index contributed by atoms with van der Waals surface area (Å²) in [6, 6.07) is 2.00. The number of hydrogen-bond acceptors (Lipinski definition) is 2. The molecular formula is C31H54N2O2. The van der Waals surface area contributed by atoms with Crippen molar-refractivity contribution >= 4 is 23.2 Å². The van der Waals surface area contributed by atoms with Gasteiger partial charge < -0.3 is 10.6 Å². The van der Waals surface area contributed by atoms with E-state index in [-0.39, 0.29) is 11.8 Å². The smallest absolute Gasteiger partial charge is 0.224 e. The average molecular weight is 487 g/mol. The Labute approximate surface area is 216 Å². The second kappa shape index (κ2) is 19.4. The van der Waals surface area contributed by atoms with Crippen LogP contribution < -0.4 is 10.6 Å². The Balaban J connectivity index is 2.40. The van der Waals surface area contributed by atoms with Crippen molar-refractivity contribution in [2.45, 2.75) is 150 Å². The van der Waals surface area contributed by atoms with Gasteiger partial charge in [0.25, 0.3) is 0 Å². The van der Waals surface area contributed by atoms with Crippen molar-refractivity contribution in [1.29, 1.82) is 0 Å². The predicted molar refractivity (Wildman–Crippen MR) is 152 cm³/mol. The lowest BCUT2D eigenvalue weighted by molar-refractivity contribution is -0.117. The van der Waals surface area contributed by atoms with E-state index in [1.54, 1.807) is 0 Å². The maximum atomic E-state index is 12.5. The highest BCUT2D eigenvalue weighted by molar-refractivity contribution is 5.95. The Morgan fingerprint density at radius 2 is 0.971 bits per heavy atom. The van der Waals surface area contributed by atoms with Gasteiger partial charge in [-0.3, -0.25) is 9.59 Å². The monoisotopic (exact) mass is 486 g/mol. The molecule has 2 N–H and O–H groups in total. The van der Waals surface area contributed by atoms with Gasteiger partial charge in [-0.1, -0.05) is 104 Å². The van der Waals surface area contributed by atoms with Crippen LogP contribution in [0.4, 0.5) is 11.4 Å². The van der Waals surface area contributed by atoms with Crippen molar-refractivity contribution < 1.29 is 9.59 Å². The number of aryl methyl sites for hydroxylation is 1. The van der Waals surface area contributed by atoms with Gasteiger partial charge in [-0.2, -0.15) is 0 Å². The van der Waals surface area contributed by atoms with Crippen molar-refractivity contribution in [1.82, 2.24) is 0 Å². The Morgan fingerprint density at radius 1 is 0.571 bits per heavy atom. The van der Waals surface area contributed by atoms with Gasteiger partial charge in [-0.15, -0.1) is 0 Å². The lowest BCUT2D eigenvalue weighted by atomic mass is 10.0. The number of carbonyl (C=O) groups excluding carboxylic acids is 2. The SMILES string of the molecule is CCCCCCCCCCC(=O)Nc1cc(C)c(NC(=O)CCCCCCCCCC)c(C)c1C. The van der Waals surface area contributed by atoms with Crippen LogP contribution >= 0.6 is 0 Å². The maximum absolute atomic E-state index is 12.5. The molecule has 0 heterocycles. The molecule has 1 rings (SSSR count). The van der Waals surface area contributed by atoms with Crippen molar-refractivity contribution in [3.8, 4) is 0 Å². The molecule has 0 aromatic heterocycles. The zero-order valence-corrected chi connectivity index (χ0v) is 23.6. The molecule has 2 amide bonds. The van der Waals surface area contributed by atoms with Gasteiger partial charge in [-0.25, -0.2) is 0 Å². The molecule has 0 aliphatic carbocycles. The minimum Gasteiger partial charge on any atom is -0.326 e. The van der Waals surface area contributed by atoms with Crippen LogP contribution in [0.25, 0.3) is 0 Å². The summed E-state index contributed by atoms with van der Waals surface area (Å²) in [5.74, 6) is 0.178. The summed E-state index contributed by atoms with van der Waals surface area (Å²) in [6.45, 7) is 10.5. The zero-order chi connectivity index (χ0) is 25.9. The zero-order valence-electron chi connectivity index (χ0n) is 23.6. The Morgan fingerprint density at radius 3 is 1.43 bits per heavy atom. The van der Waals surface area contributed by atoms with Gasteiger partial charge in [0.1, 0.15) is 0 Å². The first-order valence-corrected chi connectivity index (χ1v) is 14.6. The third-order valence-electron chi connectivity index (χ3n) is 7.15. The first-order chi connectivity index (χ1) is 16.9. The molecule has 200 valence electrons. The van der Waals surface area contributed by atoms with Crippen LogP contribution in [0.3, 0.4) is 0 Å². The summed E-state index contributed by atoms with van der Waals surface area (Å²) in [5.41, 5.74) is 4.83. The van der Waals surface area contributed by atoms with Gasteiger partial charge in [0, 0.05) is 24.2 Å². The molecule has 4 nitrogen and oxygen atoms in total. The number of hydrogen-bond donors (Lipinski definition) is 2. The molecule has 0 fully saturated rings. The third kappa shape index (κ3) is 13.7. The Kier molecular flexibility index (Phi) is 17.3. The topological polar surface area (TPSA) is 58.2 Å². The molecule has 0 atom stereocenters. The second-order valence-electron chi connectivity index (χ2n) is 10.4. The highest BCUT2D eigenvalue weighted by Crippen LogP contribution is 2.30. The predicted octanol–water partition coefficient (Wildman–Crippen LogP) is 9.55. The van der Waals surface area contributed by atoms with Crippen LogP contribution in [-0.2, 0) is 9.59 Å². The molecule has 0 unspecified atom stereocenters. The number of rotatable bonds is 20. The van der Waals surface area contributed by atoms with Crippen LogP contribution in [0.2, 0.25) is 0 Å². The summed E-state index contributed by atoms with van der Waals surface area (Å²) in [7, 11) is 0. The number of anilines is 2. The molecule has 0 saturated carbocycles. The molecule has 0 aliphatic heterocycles. The lowest BCUT2D eigenvalue weighted by Gasteiger charge is -2.18. The Bertz CT molecular complexity index is 742. The number of unbranched alkanes of at least 4 members (excludes halogenated alkanes) is 14. The minimum absolute atomic E-state index is 0.0874. The number of nitrogens with one attached hydrogen (secondary N) is 2. The van der Waals surface area contributed by atoms with Gasteiger partial charge in [-0.05, 0) is 56.4 Å². The van der Waals surface area contributed by atoms with Gasteiger partial charge in [0.15, 0.2) is 0 Å². The molecular weight excluding hydrogens is 432 g/mol. The molecule has 0 radical (unpaired) electrons. The van der Waals surface area contributed by atoms with Gasteiger partial charge in [0.2, 0.25) is 11.8 Å². The van der Waals surface area contributed by atoms with E-state index in [4.69, 9.17) is 0 Å². The van der Waals surface area contributed by atoms with E-state index in [9.17, 15) is 9.59 Å². The molecule has 0 bridgehead atoms. The normalized spacial score (nSPS) is 11.0. The number of benzene rings is 1. The third-order valence-corrected chi connectivity index (χ3v) is 7.15. The van der Waals surface area contributed by atoms with Crippen molar-refractivity contribution in [3.05, 3.63) is 22.8 Å². The van der Waals surface area contributed by atoms with E-state index in [0.29, 0.717) is 12.8 Å². The molecule has 0 saturated heterocycles. The van der Waals surface area contributed by atoms with Crippen molar-refractivity contribution in [2.75, 3.05) is 10.6 Å². The standard InChI is InChI=1S/C31H54N2O2/c1-6-8-10-12-14-16-18-20-22-29(34)32-28-24-25(3)31(27(5)26(28)4)33-30(35)23-21-19-17-15-13-11-9-7-2/h24H,6-23H2,1-5H3,(H,32,34)(H,33,35). The second-order valence-corrected chi connectivity index (χ2v) is 10.4. The lowest BCUT2D eigenvalue weighted by Crippen LogP contribution is -2.16. The van der Waals surface area contributed by atoms with Crippen LogP contribution in [-0.4, -0.2) is 11.8 Å². The molecule has 35 heavy (non-hydrogen) atoms. The number of amides is 2. The number of carbonyl (C=O) groups is 2. The van der Waals surface area contributed by atoms with E-state index in [0.717, 1.165) is 53.7 Å². The summed E-state index contributed by atoms with van der Waals surface area (Å²) in [4.78, 5) is 25.0.